The summed E-state index contributed by atoms with van der Waals surface area (Å²) in [5.41, 5.74) is 1.86. The van der Waals surface area contributed by atoms with Crippen molar-refractivity contribution in [3.63, 3.8) is 0 Å². The SMILES string of the molecule is c1ccc(-c2nnc(Cc3cn4ccsc4n3)o2)cc1. The van der Waals surface area contributed by atoms with Gasteiger partial charge in [0.2, 0.25) is 11.8 Å². The first-order valence-electron chi connectivity index (χ1n) is 6.17. The van der Waals surface area contributed by atoms with Gasteiger partial charge < -0.3 is 4.42 Å². The molecule has 0 saturated heterocycles. The lowest BCUT2D eigenvalue weighted by Crippen LogP contribution is -1.88. The molecule has 0 spiro atoms. The summed E-state index contributed by atoms with van der Waals surface area (Å²) in [6.07, 6.45) is 4.52. The van der Waals surface area contributed by atoms with Crippen LogP contribution in [0.3, 0.4) is 0 Å². The molecule has 0 aliphatic rings. The summed E-state index contributed by atoms with van der Waals surface area (Å²) in [4.78, 5) is 5.48. The summed E-state index contributed by atoms with van der Waals surface area (Å²) in [7, 11) is 0. The van der Waals surface area contributed by atoms with Crippen molar-refractivity contribution >= 4 is 16.3 Å². The van der Waals surface area contributed by atoms with Gasteiger partial charge in [0.1, 0.15) is 0 Å². The molecule has 4 aromatic rings. The van der Waals surface area contributed by atoms with E-state index < -0.39 is 0 Å². The van der Waals surface area contributed by atoms with Crippen LogP contribution in [0.1, 0.15) is 11.6 Å². The smallest absolute Gasteiger partial charge is 0.247 e. The third-order valence-electron chi connectivity index (χ3n) is 2.96. The maximum Gasteiger partial charge on any atom is 0.247 e. The van der Waals surface area contributed by atoms with Crippen LogP contribution in [0.15, 0.2) is 52.5 Å². The molecule has 0 amide bonds. The number of benzene rings is 1. The van der Waals surface area contributed by atoms with Crippen LogP contribution in [0, 0.1) is 0 Å². The predicted octanol–water partition coefficient (Wildman–Crippen LogP) is 3.04. The molecule has 0 aliphatic heterocycles. The van der Waals surface area contributed by atoms with Crippen LogP contribution in [0.2, 0.25) is 0 Å². The van der Waals surface area contributed by atoms with Crippen molar-refractivity contribution in [1.29, 1.82) is 0 Å². The van der Waals surface area contributed by atoms with Crippen LogP contribution in [-0.4, -0.2) is 19.6 Å². The molecule has 0 radical (unpaired) electrons. The molecule has 0 unspecified atom stereocenters. The van der Waals surface area contributed by atoms with Gasteiger partial charge >= 0.3 is 0 Å². The highest BCUT2D eigenvalue weighted by atomic mass is 32.1. The van der Waals surface area contributed by atoms with Crippen molar-refractivity contribution in [3.05, 3.63) is 59.7 Å². The topological polar surface area (TPSA) is 56.2 Å². The maximum absolute atomic E-state index is 5.68. The molecule has 4 rings (SSSR count). The quantitative estimate of drug-likeness (QED) is 0.579. The average Bonchev–Trinajstić information content (AvgIpc) is 3.16. The second kappa shape index (κ2) is 4.57. The number of fused-ring (bicyclic) bond motifs is 1. The van der Waals surface area contributed by atoms with Crippen LogP contribution in [-0.2, 0) is 6.42 Å². The Morgan fingerprint density at radius 2 is 2.05 bits per heavy atom. The highest BCUT2D eigenvalue weighted by molar-refractivity contribution is 7.15. The van der Waals surface area contributed by atoms with Crippen LogP contribution in [0.4, 0.5) is 0 Å². The van der Waals surface area contributed by atoms with Crippen LogP contribution >= 0.6 is 11.3 Å². The van der Waals surface area contributed by atoms with Crippen molar-refractivity contribution in [2.24, 2.45) is 0 Å². The number of hydrogen-bond acceptors (Lipinski definition) is 5. The van der Waals surface area contributed by atoms with Gasteiger partial charge in [0.15, 0.2) is 4.96 Å². The fourth-order valence-electron chi connectivity index (χ4n) is 2.04. The molecule has 0 saturated carbocycles. The first-order valence-corrected chi connectivity index (χ1v) is 7.05. The number of hydrogen-bond donors (Lipinski definition) is 0. The molecule has 0 aliphatic carbocycles. The molecule has 0 N–H and O–H groups in total. The van der Waals surface area contributed by atoms with Crippen LogP contribution < -0.4 is 0 Å². The Morgan fingerprint density at radius 1 is 1.15 bits per heavy atom. The lowest BCUT2D eigenvalue weighted by molar-refractivity contribution is 0.516. The number of aromatic nitrogens is 4. The van der Waals surface area contributed by atoms with Crippen LogP contribution in [0.5, 0.6) is 0 Å². The van der Waals surface area contributed by atoms with Crippen LogP contribution in [0.25, 0.3) is 16.4 Å². The summed E-state index contributed by atoms with van der Waals surface area (Å²) >= 11 is 1.61. The lowest BCUT2D eigenvalue weighted by atomic mass is 10.2. The third-order valence-corrected chi connectivity index (χ3v) is 3.73. The molecule has 98 valence electrons. The average molecular weight is 282 g/mol. The summed E-state index contributed by atoms with van der Waals surface area (Å²) in [5, 5.41) is 10.2. The summed E-state index contributed by atoms with van der Waals surface area (Å²) in [6, 6.07) is 9.75. The summed E-state index contributed by atoms with van der Waals surface area (Å²) in [5.74, 6) is 1.12. The Kier molecular flexibility index (Phi) is 2.60. The Labute approximate surface area is 118 Å². The van der Waals surface area contributed by atoms with Crippen molar-refractivity contribution in [3.8, 4) is 11.5 Å². The van der Waals surface area contributed by atoms with E-state index in [4.69, 9.17) is 4.42 Å². The van der Waals surface area contributed by atoms with E-state index in [-0.39, 0.29) is 0 Å². The zero-order valence-electron chi connectivity index (χ0n) is 10.4. The van der Waals surface area contributed by atoms with Gasteiger partial charge in [0, 0.05) is 23.3 Å². The highest BCUT2D eigenvalue weighted by Gasteiger charge is 2.11. The van der Waals surface area contributed by atoms with Gasteiger partial charge in [-0.2, -0.15) is 0 Å². The largest absolute Gasteiger partial charge is 0.420 e. The normalized spacial score (nSPS) is 11.2. The van der Waals surface area contributed by atoms with Crippen molar-refractivity contribution in [2.45, 2.75) is 6.42 Å². The number of thiazole rings is 1. The Hall–Kier alpha value is -2.47. The summed E-state index contributed by atoms with van der Waals surface area (Å²) in [6.45, 7) is 0. The van der Waals surface area contributed by atoms with Crippen molar-refractivity contribution < 1.29 is 4.42 Å². The number of rotatable bonds is 3. The molecule has 0 bridgehead atoms. The monoisotopic (exact) mass is 282 g/mol. The minimum atomic E-state index is 0.543. The third kappa shape index (κ3) is 2.00. The van der Waals surface area contributed by atoms with E-state index in [1.807, 2.05) is 52.5 Å². The van der Waals surface area contributed by atoms with E-state index in [0.717, 1.165) is 16.2 Å². The Bertz CT molecular complexity index is 818. The highest BCUT2D eigenvalue weighted by Crippen LogP contribution is 2.19. The first-order chi connectivity index (χ1) is 9.88. The zero-order valence-corrected chi connectivity index (χ0v) is 11.2. The van der Waals surface area contributed by atoms with E-state index >= 15 is 0 Å². The van der Waals surface area contributed by atoms with E-state index in [0.29, 0.717) is 18.2 Å². The molecular formula is C14H10N4OS. The molecule has 1 aromatic carbocycles. The Balaban J connectivity index is 1.60. The second-order valence-corrected chi connectivity index (χ2v) is 5.24. The minimum Gasteiger partial charge on any atom is -0.420 e. The van der Waals surface area contributed by atoms with E-state index in [1.165, 1.54) is 0 Å². The standard InChI is InChI=1S/C14H10N4OS/c1-2-4-10(5-3-1)13-17-16-12(19-13)8-11-9-18-6-7-20-14(18)15-11/h1-7,9H,8H2. The van der Waals surface area contributed by atoms with Gasteiger partial charge in [-0.3, -0.25) is 4.40 Å². The number of nitrogens with zero attached hydrogens (tertiary/aromatic N) is 4. The molecule has 5 nitrogen and oxygen atoms in total. The van der Waals surface area contributed by atoms with Crippen molar-refractivity contribution in [1.82, 2.24) is 19.6 Å². The maximum atomic E-state index is 5.68. The van der Waals surface area contributed by atoms with E-state index in [9.17, 15) is 0 Å². The van der Waals surface area contributed by atoms with Gasteiger partial charge in [0.25, 0.3) is 0 Å². The molecule has 6 heteroatoms. The fraction of sp³-hybridized carbons (Fsp3) is 0.0714. The van der Waals surface area contributed by atoms with Crippen molar-refractivity contribution in [2.75, 3.05) is 0 Å². The second-order valence-electron chi connectivity index (χ2n) is 4.37. The predicted molar refractivity (Wildman–Crippen MR) is 75.6 cm³/mol. The van der Waals surface area contributed by atoms with Gasteiger partial charge in [-0.25, -0.2) is 4.98 Å². The Morgan fingerprint density at radius 3 is 2.90 bits per heavy atom. The van der Waals surface area contributed by atoms with Gasteiger partial charge in [-0.05, 0) is 12.1 Å². The van der Waals surface area contributed by atoms with E-state index in [2.05, 4.69) is 15.2 Å². The minimum absolute atomic E-state index is 0.543. The molecule has 3 heterocycles. The molecule has 20 heavy (non-hydrogen) atoms. The first kappa shape index (κ1) is 11.4. The van der Waals surface area contributed by atoms with Gasteiger partial charge in [-0.15, -0.1) is 21.5 Å². The number of imidazole rings is 1. The molecule has 3 aromatic heterocycles. The van der Waals surface area contributed by atoms with E-state index in [1.54, 1.807) is 11.3 Å². The summed E-state index contributed by atoms with van der Waals surface area (Å²) < 4.78 is 7.67. The van der Waals surface area contributed by atoms with Gasteiger partial charge in [0.05, 0.1) is 12.1 Å². The van der Waals surface area contributed by atoms with Gasteiger partial charge in [-0.1, -0.05) is 18.2 Å². The molecular weight excluding hydrogens is 272 g/mol. The zero-order chi connectivity index (χ0) is 13.4. The molecule has 0 fully saturated rings. The lowest BCUT2D eigenvalue weighted by Gasteiger charge is -1.92. The fourth-order valence-corrected chi connectivity index (χ4v) is 2.76. The molecule has 0 atom stereocenters.